The number of fused-ring (bicyclic) bond motifs is 1. The van der Waals surface area contributed by atoms with Crippen molar-refractivity contribution in [3.8, 4) is 39.6 Å². The van der Waals surface area contributed by atoms with Crippen molar-refractivity contribution in [1.29, 1.82) is 0 Å². The lowest BCUT2D eigenvalue weighted by Crippen LogP contribution is -2.06. The zero-order chi connectivity index (χ0) is 25.4. The van der Waals surface area contributed by atoms with Gasteiger partial charge in [0.15, 0.2) is 0 Å². The van der Waals surface area contributed by atoms with Crippen molar-refractivity contribution in [2.75, 3.05) is 5.32 Å². The molecule has 8 heteroatoms. The van der Waals surface area contributed by atoms with Gasteiger partial charge >= 0.3 is 6.18 Å². The van der Waals surface area contributed by atoms with Crippen LogP contribution in [0.4, 0.5) is 19.1 Å². The number of amides is 1. The lowest BCUT2D eigenvalue weighted by molar-refractivity contribution is -0.137. The zero-order valence-corrected chi connectivity index (χ0v) is 18.9. The van der Waals surface area contributed by atoms with Crippen LogP contribution in [0.2, 0.25) is 0 Å². The smallest absolute Gasteiger partial charge is 0.416 e. The predicted molar refractivity (Wildman–Crippen MR) is 131 cm³/mol. The Bertz CT molecular complexity index is 1580. The Kier molecular flexibility index (Phi) is 5.72. The van der Waals surface area contributed by atoms with E-state index in [1.807, 2.05) is 48.5 Å². The van der Waals surface area contributed by atoms with E-state index < -0.39 is 17.6 Å². The maximum absolute atomic E-state index is 13.0. The van der Waals surface area contributed by atoms with E-state index in [4.69, 9.17) is 4.42 Å². The van der Waals surface area contributed by atoms with Gasteiger partial charge in [0, 0.05) is 12.5 Å². The first kappa shape index (κ1) is 23.2. The van der Waals surface area contributed by atoms with Crippen LogP contribution >= 0.6 is 0 Å². The van der Waals surface area contributed by atoms with Crippen molar-refractivity contribution in [3.05, 3.63) is 90.5 Å². The first-order valence-electron chi connectivity index (χ1n) is 11.0. The number of hydrogen-bond acceptors (Lipinski definition) is 4. The summed E-state index contributed by atoms with van der Waals surface area (Å²) in [7, 11) is 0. The Labute approximate surface area is 203 Å². The van der Waals surface area contributed by atoms with Gasteiger partial charge in [0.2, 0.25) is 17.7 Å². The maximum Gasteiger partial charge on any atom is 0.416 e. The molecule has 5 rings (SSSR count). The fourth-order valence-corrected chi connectivity index (χ4v) is 4.05. The molecule has 1 amide bonds. The summed E-state index contributed by atoms with van der Waals surface area (Å²) in [5.41, 5.74) is 1.64. The fraction of sp³-hybridized carbons (Fsp3) is 0.0714. The van der Waals surface area contributed by atoms with Gasteiger partial charge in [-0.2, -0.15) is 13.2 Å². The lowest BCUT2D eigenvalue weighted by Gasteiger charge is -2.09. The van der Waals surface area contributed by atoms with E-state index in [-0.39, 0.29) is 28.8 Å². The molecule has 5 nitrogen and oxygen atoms in total. The van der Waals surface area contributed by atoms with Crippen molar-refractivity contribution in [2.45, 2.75) is 13.1 Å². The van der Waals surface area contributed by atoms with Crippen molar-refractivity contribution in [3.63, 3.8) is 0 Å². The molecule has 0 saturated carbocycles. The van der Waals surface area contributed by atoms with Crippen LogP contribution in [0.3, 0.4) is 0 Å². The second-order valence-electron chi connectivity index (χ2n) is 8.21. The van der Waals surface area contributed by atoms with Crippen LogP contribution in [0.15, 0.2) is 89.3 Å². The number of hydrogen-bond donors (Lipinski definition) is 2. The van der Waals surface area contributed by atoms with Crippen molar-refractivity contribution in [1.82, 2.24) is 4.98 Å². The molecule has 0 aliphatic carbocycles. The second-order valence-corrected chi connectivity index (χ2v) is 8.21. The first-order valence-corrected chi connectivity index (χ1v) is 11.0. The van der Waals surface area contributed by atoms with E-state index in [1.165, 1.54) is 19.1 Å². The van der Waals surface area contributed by atoms with E-state index in [0.29, 0.717) is 5.56 Å². The van der Waals surface area contributed by atoms with Gasteiger partial charge in [0.1, 0.15) is 11.4 Å². The topological polar surface area (TPSA) is 75.4 Å². The quantitative estimate of drug-likeness (QED) is 0.274. The van der Waals surface area contributed by atoms with Gasteiger partial charge in [-0.05, 0) is 46.2 Å². The van der Waals surface area contributed by atoms with Gasteiger partial charge in [0.25, 0.3) is 0 Å². The highest BCUT2D eigenvalue weighted by Gasteiger charge is 2.30. The van der Waals surface area contributed by atoms with Crippen LogP contribution in [0.1, 0.15) is 12.5 Å². The van der Waals surface area contributed by atoms with Crippen LogP contribution < -0.4 is 5.32 Å². The Morgan fingerprint density at radius 3 is 2.28 bits per heavy atom. The molecular weight excluding hydrogens is 469 g/mol. The molecule has 2 N–H and O–H groups in total. The molecule has 0 saturated heterocycles. The Hall–Kier alpha value is -4.59. The minimum Gasteiger partial charge on any atom is -0.507 e. The van der Waals surface area contributed by atoms with Crippen molar-refractivity contribution < 1.29 is 27.5 Å². The van der Waals surface area contributed by atoms with Crippen molar-refractivity contribution >= 4 is 22.6 Å². The number of alkyl halides is 3. The molecule has 0 unspecified atom stereocenters. The Morgan fingerprint density at radius 2 is 1.58 bits per heavy atom. The van der Waals surface area contributed by atoms with Crippen LogP contribution in [-0.4, -0.2) is 16.0 Å². The van der Waals surface area contributed by atoms with Crippen LogP contribution in [0.5, 0.6) is 5.75 Å². The number of carbonyl (C=O) groups is 1. The summed E-state index contributed by atoms with van der Waals surface area (Å²) in [6, 6.07) is 23.2. The first-order chi connectivity index (χ1) is 17.2. The number of nitrogens with zero attached hydrogens (tertiary/aromatic N) is 1. The highest BCUT2D eigenvalue weighted by Crippen LogP contribution is 2.40. The molecule has 0 spiro atoms. The van der Waals surface area contributed by atoms with E-state index in [0.717, 1.165) is 34.0 Å². The SMILES string of the molecule is CC(=O)Nc1oc(-c2ccc(-c3cccc4ccccc34)cc2O)nc1-c1ccc(C(F)(F)F)cc1. The normalized spacial score (nSPS) is 11.6. The average Bonchev–Trinajstić information content (AvgIpc) is 3.25. The molecule has 1 heterocycles. The molecule has 0 aliphatic rings. The zero-order valence-electron chi connectivity index (χ0n) is 18.9. The number of anilines is 1. The molecule has 36 heavy (non-hydrogen) atoms. The van der Waals surface area contributed by atoms with Crippen LogP contribution in [0.25, 0.3) is 44.6 Å². The molecule has 180 valence electrons. The third kappa shape index (κ3) is 4.40. The van der Waals surface area contributed by atoms with E-state index in [9.17, 15) is 23.1 Å². The standard InChI is InChI=1S/C28H19F3N2O3/c1-16(34)32-27-25(18-9-12-20(13-10-18)28(29,30)31)33-26(36-27)23-14-11-19(15-24(23)35)22-8-4-6-17-5-2-3-7-21(17)22/h2-15,35H,1H3,(H,32,34). The largest absolute Gasteiger partial charge is 0.507 e. The van der Waals surface area contributed by atoms with Gasteiger partial charge in [-0.25, -0.2) is 4.98 Å². The lowest BCUT2D eigenvalue weighted by atomic mass is 9.97. The van der Waals surface area contributed by atoms with Gasteiger partial charge < -0.3 is 9.52 Å². The molecule has 5 aromatic rings. The highest BCUT2D eigenvalue weighted by atomic mass is 19.4. The van der Waals surface area contributed by atoms with E-state index in [2.05, 4.69) is 10.3 Å². The Balaban J connectivity index is 1.56. The number of benzene rings is 4. The van der Waals surface area contributed by atoms with Crippen LogP contribution in [0, 0.1) is 0 Å². The summed E-state index contributed by atoms with van der Waals surface area (Å²) in [4.78, 5) is 16.1. The number of nitrogens with one attached hydrogen (secondary N) is 1. The summed E-state index contributed by atoms with van der Waals surface area (Å²) in [5, 5.41) is 15.4. The molecule has 0 bridgehead atoms. The molecular formula is C28H19F3N2O3. The monoisotopic (exact) mass is 488 g/mol. The van der Waals surface area contributed by atoms with E-state index >= 15 is 0 Å². The van der Waals surface area contributed by atoms with Gasteiger partial charge in [0.05, 0.1) is 11.1 Å². The molecule has 0 fully saturated rings. The maximum atomic E-state index is 13.0. The average molecular weight is 488 g/mol. The number of aromatic nitrogens is 1. The van der Waals surface area contributed by atoms with Crippen molar-refractivity contribution in [2.24, 2.45) is 0 Å². The van der Waals surface area contributed by atoms with Gasteiger partial charge in [-0.1, -0.05) is 60.7 Å². The molecule has 4 aromatic carbocycles. The molecule has 0 radical (unpaired) electrons. The third-order valence-electron chi connectivity index (χ3n) is 5.73. The van der Waals surface area contributed by atoms with Crippen LogP contribution in [-0.2, 0) is 11.0 Å². The highest BCUT2D eigenvalue weighted by molar-refractivity contribution is 5.97. The predicted octanol–water partition coefficient (Wildman–Crippen LogP) is 7.51. The fourth-order valence-electron chi connectivity index (χ4n) is 4.05. The summed E-state index contributed by atoms with van der Waals surface area (Å²) in [6.07, 6.45) is -4.48. The van der Waals surface area contributed by atoms with Gasteiger partial charge in [-0.15, -0.1) is 0 Å². The summed E-state index contributed by atoms with van der Waals surface area (Å²) in [5.74, 6) is -0.568. The third-order valence-corrected chi connectivity index (χ3v) is 5.73. The minimum absolute atomic E-state index is 0.00983. The number of halogens is 3. The molecule has 0 aliphatic heterocycles. The summed E-state index contributed by atoms with van der Waals surface area (Å²) >= 11 is 0. The van der Waals surface area contributed by atoms with E-state index in [1.54, 1.807) is 12.1 Å². The number of phenolic OH excluding ortho intramolecular Hbond substituents is 1. The number of rotatable bonds is 4. The molecule has 1 aromatic heterocycles. The number of aromatic hydroxyl groups is 1. The summed E-state index contributed by atoms with van der Waals surface area (Å²) in [6.45, 7) is 1.27. The second kappa shape index (κ2) is 8.88. The molecule has 0 atom stereocenters. The minimum atomic E-state index is -4.48. The van der Waals surface area contributed by atoms with Gasteiger partial charge in [-0.3, -0.25) is 10.1 Å². The summed E-state index contributed by atoms with van der Waals surface area (Å²) < 4.78 is 44.6. The Morgan fingerprint density at radius 1 is 0.889 bits per heavy atom. The number of carbonyl (C=O) groups excluding carboxylic acids is 1. The number of oxazole rings is 1. The number of phenols is 1.